The lowest BCUT2D eigenvalue weighted by molar-refractivity contribution is 0.0697. The van der Waals surface area contributed by atoms with Crippen LogP contribution in [0.5, 0.6) is 0 Å². The largest absolute Gasteiger partial charge is 0.478 e. The van der Waals surface area contributed by atoms with E-state index in [2.05, 4.69) is 15.3 Å². The molecule has 0 radical (unpaired) electrons. The van der Waals surface area contributed by atoms with Gasteiger partial charge in [-0.1, -0.05) is 0 Å². The highest BCUT2D eigenvalue weighted by Gasteiger charge is 2.06. The number of carboxylic acid groups (broad SMARTS) is 1. The number of carbonyl (C=O) groups is 1. The zero-order valence-corrected chi connectivity index (χ0v) is 10.1. The van der Waals surface area contributed by atoms with E-state index in [1.165, 1.54) is 18.3 Å². The molecule has 0 aromatic carbocycles. The number of hydrogen-bond acceptors (Lipinski definition) is 4. The maximum Gasteiger partial charge on any atom is 0.335 e. The van der Waals surface area contributed by atoms with Gasteiger partial charge in [-0.05, 0) is 38.1 Å². The van der Waals surface area contributed by atoms with Crippen LogP contribution in [0.4, 0.5) is 11.5 Å². The van der Waals surface area contributed by atoms with Gasteiger partial charge in [0.1, 0.15) is 5.82 Å². The van der Waals surface area contributed by atoms with Crippen molar-refractivity contribution in [2.24, 2.45) is 0 Å². The van der Waals surface area contributed by atoms with Gasteiger partial charge in [-0.25, -0.2) is 9.78 Å². The summed E-state index contributed by atoms with van der Waals surface area (Å²) in [6.45, 7) is 3.80. The Bertz CT molecular complexity index is 597. The molecule has 2 rings (SSSR count). The predicted molar refractivity (Wildman–Crippen MR) is 68.2 cm³/mol. The third kappa shape index (κ3) is 2.63. The number of aromatic carboxylic acids is 1. The van der Waals surface area contributed by atoms with Gasteiger partial charge in [0.05, 0.1) is 16.9 Å². The first-order valence-electron chi connectivity index (χ1n) is 5.47. The summed E-state index contributed by atoms with van der Waals surface area (Å²) in [4.78, 5) is 19.2. The first kappa shape index (κ1) is 12.0. The Kier molecular flexibility index (Phi) is 3.23. The summed E-state index contributed by atoms with van der Waals surface area (Å²) in [6, 6.07) is 6.72. The van der Waals surface area contributed by atoms with Crippen molar-refractivity contribution < 1.29 is 9.90 Å². The van der Waals surface area contributed by atoms with E-state index in [4.69, 9.17) is 5.11 Å². The lowest BCUT2D eigenvalue weighted by Crippen LogP contribution is -2.01. The van der Waals surface area contributed by atoms with Gasteiger partial charge in [0.2, 0.25) is 0 Å². The highest BCUT2D eigenvalue weighted by molar-refractivity contribution is 5.88. The third-order valence-electron chi connectivity index (χ3n) is 2.49. The third-order valence-corrected chi connectivity index (χ3v) is 2.49. The summed E-state index contributed by atoms with van der Waals surface area (Å²) in [5, 5.41) is 12.0. The standard InChI is InChI=1S/C13H13N3O2/c1-8-3-4-11(9(2)15-8)16-12-7-10(13(17)18)5-6-14-12/h3-7H,1-2H3,(H,14,16)(H,17,18). The minimum absolute atomic E-state index is 0.199. The van der Waals surface area contributed by atoms with E-state index in [9.17, 15) is 4.79 Å². The van der Waals surface area contributed by atoms with Gasteiger partial charge in [-0.15, -0.1) is 0 Å². The maximum atomic E-state index is 10.8. The van der Waals surface area contributed by atoms with E-state index < -0.39 is 5.97 Å². The van der Waals surface area contributed by atoms with E-state index >= 15 is 0 Å². The molecular weight excluding hydrogens is 230 g/mol. The first-order chi connectivity index (χ1) is 8.56. The van der Waals surface area contributed by atoms with Gasteiger partial charge >= 0.3 is 5.97 Å². The van der Waals surface area contributed by atoms with Gasteiger partial charge in [0.25, 0.3) is 0 Å². The van der Waals surface area contributed by atoms with Crippen LogP contribution in [0.2, 0.25) is 0 Å². The summed E-state index contributed by atoms with van der Waals surface area (Å²) >= 11 is 0. The van der Waals surface area contributed by atoms with Crippen molar-refractivity contribution in [3.05, 3.63) is 47.4 Å². The van der Waals surface area contributed by atoms with Crippen LogP contribution in [-0.4, -0.2) is 21.0 Å². The summed E-state index contributed by atoms with van der Waals surface area (Å²) < 4.78 is 0. The Labute approximate surface area is 105 Å². The van der Waals surface area contributed by atoms with E-state index in [1.54, 1.807) is 0 Å². The first-order valence-corrected chi connectivity index (χ1v) is 5.47. The molecular formula is C13H13N3O2. The zero-order valence-electron chi connectivity index (χ0n) is 10.1. The van der Waals surface area contributed by atoms with Crippen LogP contribution < -0.4 is 5.32 Å². The second-order valence-electron chi connectivity index (χ2n) is 3.95. The maximum absolute atomic E-state index is 10.8. The molecule has 0 amide bonds. The van der Waals surface area contributed by atoms with Crippen molar-refractivity contribution >= 4 is 17.5 Å². The number of nitrogens with zero attached hydrogens (tertiary/aromatic N) is 2. The Morgan fingerprint density at radius 2 is 2.06 bits per heavy atom. The van der Waals surface area contributed by atoms with Crippen LogP contribution in [-0.2, 0) is 0 Å². The molecule has 0 aliphatic rings. The average molecular weight is 243 g/mol. The Balaban J connectivity index is 2.28. The summed E-state index contributed by atoms with van der Waals surface area (Å²) in [5.74, 6) is -0.483. The van der Waals surface area contributed by atoms with E-state index in [0.29, 0.717) is 5.82 Å². The molecule has 5 heteroatoms. The monoisotopic (exact) mass is 243 g/mol. The second-order valence-corrected chi connectivity index (χ2v) is 3.95. The van der Waals surface area contributed by atoms with Gasteiger partial charge in [-0.3, -0.25) is 4.98 Å². The topological polar surface area (TPSA) is 75.1 Å². The lowest BCUT2D eigenvalue weighted by atomic mass is 10.2. The van der Waals surface area contributed by atoms with Crippen molar-refractivity contribution in [2.75, 3.05) is 5.32 Å². The molecule has 0 saturated carbocycles. The molecule has 0 saturated heterocycles. The minimum Gasteiger partial charge on any atom is -0.478 e. The molecule has 5 nitrogen and oxygen atoms in total. The fourth-order valence-corrected chi connectivity index (χ4v) is 1.59. The quantitative estimate of drug-likeness (QED) is 0.866. The fraction of sp³-hybridized carbons (Fsp3) is 0.154. The van der Waals surface area contributed by atoms with Crippen LogP contribution in [0.1, 0.15) is 21.7 Å². The molecule has 2 N–H and O–H groups in total. The van der Waals surface area contributed by atoms with Crippen molar-refractivity contribution in [3.8, 4) is 0 Å². The summed E-state index contributed by atoms with van der Waals surface area (Å²) in [6.07, 6.45) is 1.46. The van der Waals surface area contributed by atoms with E-state index in [-0.39, 0.29) is 5.56 Å². The Morgan fingerprint density at radius 3 is 2.72 bits per heavy atom. The summed E-state index contributed by atoms with van der Waals surface area (Å²) in [7, 11) is 0. The normalized spacial score (nSPS) is 10.1. The van der Waals surface area contributed by atoms with Crippen molar-refractivity contribution in [3.63, 3.8) is 0 Å². The second kappa shape index (κ2) is 4.83. The molecule has 92 valence electrons. The molecule has 0 spiro atoms. The number of pyridine rings is 2. The Morgan fingerprint density at radius 1 is 1.28 bits per heavy atom. The Hall–Kier alpha value is -2.43. The number of rotatable bonds is 3. The van der Waals surface area contributed by atoms with Crippen molar-refractivity contribution in [1.29, 1.82) is 0 Å². The van der Waals surface area contributed by atoms with Crippen LogP contribution in [0.3, 0.4) is 0 Å². The van der Waals surface area contributed by atoms with Gasteiger partial charge in [-0.2, -0.15) is 0 Å². The SMILES string of the molecule is Cc1ccc(Nc2cc(C(=O)O)ccn2)c(C)n1. The number of nitrogens with one attached hydrogen (secondary N) is 1. The van der Waals surface area contributed by atoms with Gasteiger partial charge < -0.3 is 10.4 Å². The molecule has 18 heavy (non-hydrogen) atoms. The number of anilines is 2. The summed E-state index contributed by atoms with van der Waals surface area (Å²) in [5.41, 5.74) is 2.80. The molecule has 2 aromatic heterocycles. The molecule has 2 heterocycles. The molecule has 0 aliphatic heterocycles. The van der Waals surface area contributed by atoms with Crippen LogP contribution in [0.15, 0.2) is 30.5 Å². The fourth-order valence-electron chi connectivity index (χ4n) is 1.59. The predicted octanol–water partition coefficient (Wildman–Crippen LogP) is 2.54. The smallest absolute Gasteiger partial charge is 0.335 e. The number of aryl methyl sites for hydroxylation is 2. The van der Waals surface area contributed by atoms with Crippen LogP contribution in [0.25, 0.3) is 0 Å². The highest BCUT2D eigenvalue weighted by atomic mass is 16.4. The van der Waals surface area contributed by atoms with Crippen molar-refractivity contribution in [1.82, 2.24) is 9.97 Å². The van der Waals surface area contributed by atoms with Gasteiger partial charge in [0.15, 0.2) is 0 Å². The molecule has 0 bridgehead atoms. The van der Waals surface area contributed by atoms with Crippen molar-refractivity contribution in [2.45, 2.75) is 13.8 Å². The number of aromatic nitrogens is 2. The molecule has 0 aliphatic carbocycles. The average Bonchev–Trinajstić information content (AvgIpc) is 2.33. The van der Waals surface area contributed by atoms with E-state index in [0.717, 1.165) is 17.1 Å². The van der Waals surface area contributed by atoms with E-state index in [1.807, 2.05) is 26.0 Å². The zero-order chi connectivity index (χ0) is 13.1. The lowest BCUT2D eigenvalue weighted by Gasteiger charge is -2.09. The molecule has 0 unspecified atom stereocenters. The molecule has 2 aromatic rings. The molecule has 0 fully saturated rings. The van der Waals surface area contributed by atoms with Gasteiger partial charge in [0, 0.05) is 11.9 Å². The highest BCUT2D eigenvalue weighted by Crippen LogP contribution is 2.18. The van der Waals surface area contributed by atoms with Crippen LogP contribution in [0, 0.1) is 13.8 Å². The minimum atomic E-state index is -0.973. The number of hydrogen-bond donors (Lipinski definition) is 2. The number of carboxylic acids is 1. The van der Waals surface area contributed by atoms with Crippen LogP contribution >= 0.6 is 0 Å². The molecule has 0 atom stereocenters.